The van der Waals surface area contributed by atoms with E-state index in [1.54, 1.807) is 36.4 Å². The molecule has 0 unspecified atom stereocenters. The molecule has 8 heteroatoms. The van der Waals surface area contributed by atoms with Gasteiger partial charge in [0.25, 0.3) is 0 Å². The molecule has 0 bridgehead atoms. The number of carbonyl (C=O) groups excluding carboxylic acids is 2. The lowest BCUT2D eigenvalue weighted by molar-refractivity contribution is -0.139. The Hall–Kier alpha value is -3.81. The number of rotatable bonds is 6. The van der Waals surface area contributed by atoms with Gasteiger partial charge < -0.3 is 24.3 Å². The van der Waals surface area contributed by atoms with Crippen molar-refractivity contribution in [2.45, 2.75) is 6.04 Å². The predicted octanol–water partition coefficient (Wildman–Crippen LogP) is 2.39. The molecule has 0 saturated heterocycles. The molecule has 1 N–H and O–H groups in total. The van der Waals surface area contributed by atoms with Crippen LogP contribution in [0.15, 0.2) is 64.8 Å². The summed E-state index contributed by atoms with van der Waals surface area (Å²) in [6.45, 7) is 0. The summed E-state index contributed by atoms with van der Waals surface area (Å²) in [4.78, 5) is 30.0. The third kappa shape index (κ3) is 3.84. The minimum atomic E-state index is -0.871. The Kier molecular flexibility index (Phi) is 6.36. The van der Waals surface area contributed by atoms with E-state index in [9.17, 15) is 9.59 Å². The predicted molar refractivity (Wildman–Crippen MR) is 109 cm³/mol. The van der Waals surface area contributed by atoms with Crippen molar-refractivity contribution in [2.75, 3.05) is 28.4 Å². The number of para-hydroxylation sites is 2. The number of carbonyl (C=O) groups is 2. The molecular formula is C22H22N2O6. The first-order valence-corrected chi connectivity index (χ1v) is 9.07. The number of hydrogen-bond donors (Lipinski definition) is 1. The van der Waals surface area contributed by atoms with Crippen LogP contribution < -0.4 is 14.8 Å². The number of aliphatic imine (C=N–C) groups is 1. The zero-order chi connectivity index (χ0) is 21.7. The summed E-state index contributed by atoms with van der Waals surface area (Å²) in [5, 5.41) is 2.93. The normalized spacial score (nSPS) is 15.6. The van der Waals surface area contributed by atoms with Crippen molar-refractivity contribution in [1.29, 1.82) is 0 Å². The van der Waals surface area contributed by atoms with E-state index in [0.29, 0.717) is 28.5 Å². The monoisotopic (exact) mass is 410 g/mol. The van der Waals surface area contributed by atoms with E-state index in [-0.39, 0.29) is 11.3 Å². The third-order valence-corrected chi connectivity index (χ3v) is 4.63. The lowest BCUT2D eigenvalue weighted by Crippen LogP contribution is -2.37. The first-order valence-electron chi connectivity index (χ1n) is 9.07. The van der Waals surface area contributed by atoms with Crippen LogP contribution in [0.4, 0.5) is 0 Å². The maximum Gasteiger partial charge on any atom is 0.355 e. The van der Waals surface area contributed by atoms with E-state index in [1.807, 2.05) is 12.1 Å². The van der Waals surface area contributed by atoms with Crippen LogP contribution in [0.5, 0.6) is 11.5 Å². The summed E-state index contributed by atoms with van der Waals surface area (Å²) < 4.78 is 20.8. The van der Waals surface area contributed by atoms with Crippen molar-refractivity contribution < 1.29 is 28.5 Å². The SMILES string of the molecule is COC(=O)C1=C(C(=O)OC)[C@@H](c2ccccc2OC)N=C(c2ccccc2OC)N1. The second-order valence-electron chi connectivity index (χ2n) is 6.22. The zero-order valence-electron chi connectivity index (χ0n) is 17.1. The number of esters is 2. The second-order valence-corrected chi connectivity index (χ2v) is 6.22. The van der Waals surface area contributed by atoms with E-state index >= 15 is 0 Å². The van der Waals surface area contributed by atoms with Gasteiger partial charge in [0.15, 0.2) is 0 Å². The largest absolute Gasteiger partial charge is 0.496 e. The molecule has 0 radical (unpaired) electrons. The molecular weight excluding hydrogens is 388 g/mol. The molecule has 1 heterocycles. The van der Waals surface area contributed by atoms with Gasteiger partial charge in [-0.1, -0.05) is 30.3 Å². The number of nitrogens with one attached hydrogen (secondary N) is 1. The highest BCUT2D eigenvalue weighted by atomic mass is 16.5. The number of nitrogens with zero attached hydrogens (tertiary/aromatic N) is 1. The number of methoxy groups -OCH3 is 4. The molecule has 2 aromatic rings. The molecule has 0 aliphatic carbocycles. The average molecular weight is 410 g/mol. The molecule has 0 spiro atoms. The van der Waals surface area contributed by atoms with Crippen LogP contribution in [-0.2, 0) is 19.1 Å². The fourth-order valence-electron chi connectivity index (χ4n) is 3.23. The van der Waals surface area contributed by atoms with E-state index in [2.05, 4.69) is 5.32 Å². The summed E-state index contributed by atoms with van der Waals surface area (Å²) in [7, 11) is 5.53. The summed E-state index contributed by atoms with van der Waals surface area (Å²) >= 11 is 0. The van der Waals surface area contributed by atoms with Crippen LogP contribution in [0.25, 0.3) is 0 Å². The van der Waals surface area contributed by atoms with Crippen LogP contribution in [0.1, 0.15) is 17.2 Å². The van der Waals surface area contributed by atoms with Crippen molar-refractivity contribution in [1.82, 2.24) is 5.32 Å². The van der Waals surface area contributed by atoms with E-state index in [1.165, 1.54) is 28.4 Å². The molecule has 0 amide bonds. The van der Waals surface area contributed by atoms with Crippen molar-refractivity contribution in [2.24, 2.45) is 4.99 Å². The Morgan fingerprint density at radius 1 is 0.833 bits per heavy atom. The number of amidine groups is 1. The Morgan fingerprint density at radius 2 is 1.43 bits per heavy atom. The van der Waals surface area contributed by atoms with Crippen LogP contribution in [0, 0.1) is 0 Å². The van der Waals surface area contributed by atoms with Crippen LogP contribution >= 0.6 is 0 Å². The fourth-order valence-corrected chi connectivity index (χ4v) is 3.23. The smallest absolute Gasteiger partial charge is 0.355 e. The van der Waals surface area contributed by atoms with Crippen molar-refractivity contribution in [3.63, 3.8) is 0 Å². The quantitative estimate of drug-likeness (QED) is 0.731. The Morgan fingerprint density at radius 3 is 2.07 bits per heavy atom. The fraction of sp³-hybridized carbons (Fsp3) is 0.227. The highest BCUT2D eigenvalue weighted by Gasteiger charge is 2.37. The number of benzene rings is 2. The van der Waals surface area contributed by atoms with Gasteiger partial charge in [-0.05, 0) is 18.2 Å². The molecule has 1 aliphatic rings. The summed E-state index contributed by atoms with van der Waals surface area (Å²) in [5.74, 6) is -0.0259. The number of hydrogen-bond acceptors (Lipinski definition) is 8. The topological polar surface area (TPSA) is 95.5 Å². The van der Waals surface area contributed by atoms with Gasteiger partial charge in [-0.25, -0.2) is 9.59 Å². The van der Waals surface area contributed by atoms with Gasteiger partial charge in [-0.15, -0.1) is 0 Å². The highest BCUT2D eigenvalue weighted by Crippen LogP contribution is 2.38. The minimum Gasteiger partial charge on any atom is -0.496 e. The van der Waals surface area contributed by atoms with Gasteiger partial charge in [0.05, 0.1) is 39.6 Å². The molecule has 0 saturated carbocycles. The standard InChI is InChI=1S/C22H22N2O6/c1-27-15-11-7-5-9-13(15)18-17(21(25)29-3)19(22(26)30-4)24-20(23-18)14-10-6-8-12-16(14)28-2/h5-12,18H,1-4H3,(H,23,24)/t18-/m1/s1. The molecule has 3 rings (SSSR count). The van der Waals surface area contributed by atoms with E-state index in [0.717, 1.165) is 0 Å². The van der Waals surface area contributed by atoms with Gasteiger partial charge in [0.1, 0.15) is 29.1 Å². The maximum atomic E-state index is 12.7. The lowest BCUT2D eigenvalue weighted by Gasteiger charge is -2.27. The average Bonchev–Trinajstić information content (AvgIpc) is 2.82. The zero-order valence-corrected chi connectivity index (χ0v) is 17.1. The molecule has 2 aromatic carbocycles. The Bertz CT molecular complexity index is 1030. The van der Waals surface area contributed by atoms with E-state index in [4.69, 9.17) is 23.9 Å². The summed E-state index contributed by atoms with van der Waals surface area (Å²) in [6, 6.07) is 13.5. The minimum absolute atomic E-state index is 0.0208. The first-order chi connectivity index (χ1) is 14.5. The van der Waals surface area contributed by atoms with Gasteiger partial charge >= 0.3 is 11.9 Å². The van der Waals surface area contributed by atoms with Crippen LogP contribution in [0.2, 0.25) is 0 Å². The van der Waals surface area contributed by atoms with Crippen molar-refractivity contribution >= 4 is 17.8 Å². The molecule has 0 aromatic heterocycles. The lowest BCUT2D eigenvalue weighted by atomic mass is 9.94. The summed E-state index contributed by atoms with van der Waals surface area (Å²) in [6.07, 6.45) is 0. The molecule has 1 aliphatic heterocycles. The van der Waals surface area contributed by atoms with Crippen LogP contribution in [-0.4, -0.2) is 46.2 Å². The highest BCUT2D eigenvalue weighted by molar-refractivity contribution is 6.11. The second kappa shape index (κ2) is 9.13. The van der Waals surface area contributed by atoms with Gasteiger partial charge in [-0.2, -0.15) is 0 Å². The van der Waals surface area contributed by atoms with Crippen molar-refractivity contribution in [3.05, 3.63) is 70.9 Å². The molecule has 156 valence electrons. The Labute approximate surface area is 174 Å². The maximum absolute atomic E-state index is 12.7. The van der Waals surface area contributed by atoms with Crippen LogP contribution in [0.3, 0.4) is 0 Å². The third-order valence-electron chi connectivity index (χ3n) is 4.63. The van der Waals surface area contributed by atoms with Gasteiger partial charge in [0, 0.05) is 5.56 Å². The first kappa shape index (κ1) is 20.9. The Balaban J connectivity index is 2.28. The van der Waals surface area contributed by atoms with E-state index < -0.39 is 18.0 Å². The molecule has 8 nitrogen and oxygen atoms in total. The number of ether oxygens (including phenoxy) is 4. The van der Waals surface area contributed by atoms with Crippen molar-refractivity contribution in [3.8, 4) is 11.5 Å². The molecule has 1 atom stereocenters. The van der Waals surface area contributed by atoms with Gasteiger partial charge in [0.2, 0.25) is 0 Å². The van der Waals surface area contributed by atoms with Gasteiger partial charge in [-0.3, -0.25) is 4.99 Å². The molecule has 30 heavy (non-hydrogen) atoms. The molecule has 0 fully saturated rings. The summed E-state index contributed by atoms with van der Waals surface area (Å²) in [5.41, 5.74) is 1.17.